The van der Waals surface area contributed by atoms with Crippen LogP contribution in [-0.4, -0.2) is 33.0 Å². The number of carbonyl (C=O) groups excluding carboxylic acids is 1. The van der Waals surface area contributed by atoms with Crippen LogP contribution < -0.4 is 10.1 Å². The van der Waals surface area contributed by atoms with Gasteiger partial charge in [0.2, 0.25) is 5.91 Å². The fourth-order valence-electron chi connectivity index (χ4n) is 2.74. The van der Waals surface area contributed by atoms with Gasteiger partial charge in [0, 0.05) is 17.3 Å². The van der Waals surface area contributed by atoms with Gasteiger partial charge in [-0.1, -0.05) is 42.1 Å². The molecule has 0 radical (unpaired) electrons. The lowest BCUT2D eigenvalue weighted by atomic mass is 10.2. The Hall–Kier alpha value is -2.80. The summed E-state index contributed by atoms with van der Waals surface area (Å²) in [5.74, 6) is 1.47. The minimum atomic E-state index is -0.326. The number of thioether (sulfide) groups is 1. The standard InChI is InChI=1S/C21H24N4O2S/c1-14(2)25-19(16-8-6-5-7-9-16)23-24-21(25)28-15(3)20(26)22-17-10-12-18(27-4)13-11-17/h5-15H,1-4H3,(H,22,26)/t15-/m0/s1. The Bertz CT molecular complexity index is 923. The lowest BCUT2D eigenvalue weighted by molar-refractivity contribution is -0.115. The third-order valence-corrected chi connectivity index (χ3v) is 5.28. The number of carbonyl (C=O) groups is 1. The highest BCUT2D eigenvalue weighted by Crippen LogP contribution is 2.30. The molecule has 1 amide bonds. The van der Waals surface area contributed by atoms with E-state index in [9.17, 15) is 4.79 Å². The van der Waals surface area contributed by atoms with Crippen LogP contribution in [0.15, 0.2) is 59.8 Å². The zero-order chi connectivity index (χ0) is 20.1. The average Bonchev–Trinajstić information content (AvgIpc) is 3.13. The Morgan fingerprint density at radius 1 is 1.04 bits per heavy atom. The monoisotopic (exact) mass is 396 g/mol. The molecule has 7 heteroatoms. The number of aromatic nitrogens is 3. The number of benzene rings is 2. The summed E-state index contributed by atoms with van der Waals surface area (Å²) in [5.41, 5.74) is 1.74. The Balaban J connectivity index is 1.75. The molecule has 0 fully saturated rings. The first-order valence-corrected chi connectivity index (χ1v) is 9.99. The molecule has 0 spiro atoms. The highest BCUT2D eigenvalue weighted by Gasteiger charge is 2.22. The summed E-state index contributed by atoms with van der Waals surface area (Å²) in [4.78, 5) is 12.6. The molecule has 1 aromatic heterocycles. The SMILES string of the molecule is COc1ccc(NC(=O)[C@H](C)Sc2nnc(-c3ccccc3)n2C(C)C)cc1. The summed E-state index contributed by atoms with van der Waals surface area (Å²) in [6, 6.07) is 17.4. The summed E-state index contributed by atoms with van der Waals surface area (Å²) in [6.07, 6.45) is 0. The van der Waals surface area contributed by atoms with Crippen molar-refractivity contribution in [3.63, 3.8) is 0 Å². The van der Waals surface area contributed by atoms with Gasteiger partial charge in [-0.3, -0.25) is 9.36 Å². The first-order valence-electron chi connectivity index (χ1n) is 9.11. The number of nitrogens with zero attached hydrogens (tertiary/aromatic N) is 3. The van der Waals surface area contributed by atoms with Crippen molar-refractivity contribution in [1.29, 1.82) is 0 Å². The summed E-state index contributed by atoms with van der Waals surface area (Å²) < 4.78 is 7.21. The number of amides is 1. The van der Waals surface area contributed by atoms with Gasteiger partial charge in [-0.05, 0) is 45.0 Å². The van der Waals surface area contributed by atoms with Gasteiger partial charge in [0.25, 0.3) is 0 Å². The predicted octanol–water partition coefficient (Wildman–Crippen LogP) is 4.65. The molecule has 1 atom stereocenters. The maximum absolute atomic E-state index is 12.6. The van der Waals surface area contributed by atoms with E-state index in [-0.39, 0.29) is 17.2 Å². The zero-order valence-corrected chi connectivity index (χ0v) is 17.2. The molecule has 3 rings (SSSR count). The molecular weight excluding hydrogens is 372 g/mol. The highest BCUT2D eigenvalue weighted by molar-refractivity contribution is 8.00. The number of hydrogen-bond donors (Lipinski definition) is 1. The summed E-state index contributed by atoms with van der Waals surface area (Å²) in [7, 11) is 1.61. The molecule has 28 heavy (non-hydrogen) atoms. The van der Waals surface area contributed by atoms with Gasteiger partial charge < -0.3 is 10.1 Å². The molecule has 0 bridgehead atoms. The Morgan fingerprint density at radius 3 is 2.32 bits per heavy atom. The predicted molar refractivity (Wildman–Crippen MR) is 113 cm³/mol. The van der Waals surface area contributed by atoms with Crippen molar-refractivity contribution in [1.82, 2.24) is 14.8 Å². The van der Waals surface area contributed by atoms with Crippen molar-refractivity contribution in [2.75, 3.05) is 12.4 Å². The lowest BCUT2D eigenvalue weighted by Crippen LogP contribution is -2.23. The van der Waals surface area contributed by atoms with Gasteiger partial charge in [-0.15, -0.1) is 10.2 Å². The summed E-state index contributed by atoms with van der Waals surface area (Å²) in [5, 5.41) is 12.0. The molecule has 0 saturated heterocycles. The first kappa shape index (κ1) is 19.9. The van der Waals surface area contributed by atoms with Gasteiger partial charge in [0.15, 0.2) is 11.0 Å². The molecule has 0 aliphatic rings. The van der Waals surface area contributed by atoms with Crippen LogP contribution in [0.25, 0.3) is 11.4 Å². The normalized spacial score (nSPS) is 12.0. The van der Waals surface area contributed by atoms with Gasteiger partial charge in [-0.2, -0.15) is 0 Å². The minimum absolute atomic E-state index is 0.0882. The second-order valence-corrected chi connectivity index (χ2v) is 7.92. The topological polar surface area (TPSA) is 69.0 Å². The van der Waals surface area contributed by atoms with E-state index in [1.165, 1.54) is 11.8 Å². The van der Waals surface area contributed by atoms with E-state index in [2.05, 4.69) is 33.9 Å². The van der Waals surface area contributed by atoms with Crippen LogP contribution in [-0.2, 0) is 4.79 Å². The smallest absolute Gasteiger partial charge is 0.237 e. The van der Waals surface area contributed by atoms with Crippen molar-refractivity contribution < 1.29 is 9.53 Å². The van der Waals surface area contributed by atoms with Gasteiger partial charge in [0.05, 0.1) is 12.4 Å². The van der Waals surface area contributed by atoms with Gasteiger partial charge in [-0.25, -0.2) is 0 Å². The molecule has 0 aliphatic carbocycles. The second-order valence-electron chi connectivity index (χ2n) is 6.61. The van der Waals surface area contributed by atoms with Crippen LogP contribution in [0.1, 0.15) is 26.8 Å². The fourth-order valence-corrected chi connectivity index (χ4v) is 3.72. The van der Waals surface area contributed by atoms with E-state index in [1.807, 2.05) is 61.5 Å². The summed E-state index contributed by atoms with van der Waals surface area (Å²) >= 11 is 1.40. The number of nitrogens with one attached hydrogen (secondary N) is 1. The fraction of sp³-hybridized carbons (Fsp3) is 0.286. The van der Waals surface area contributed by atoms with E-state index in [4.69, 9.17) is 4.74 Å². The third kappa shape index (κ3) is 4.54. The van der Waals surface area contributed by atoms with E-state index in [0.717, 1.165) is 28.0 Å². The second kappa shape index (κ2) is 8.93. The molecule has 3 aromatic rings. The summed E-state index contributed by atoms with van der Waals surface area (Å²) in [6.45, 7) is 6.04. The third-order valence-electron chi connectivity index (χ3n) is 4.22. The van der Waals surface area contributed by atoms with Crippen molar-refractivity contribution >= 4 is 23.4 Å². The Labute approximate surface area is 169 Å². The van der Waals surface area contributed by atoms with Crippen LogP contribution in [0, 0.1) is 0 Å². The first-order chi connectivity index (χ1) is 13.5. The van der Waals surface area contributed by atoms with Gasteiger partial charge >= 0.3 is 0 Å². The molecule has 0 saturated carbocycles. The molecular formula is C21H24N4O2S. The quantitative estimate of drug-likeness (QED) is 0.589. The van der Waals surface area contributed by atoms with E-state index < -0.39 is 0 Å². The lowest BCUT2D eigenvalue weighted by Gasteiger charge is -2.16. The van der Waals surface area contributed by atoms with Crippen LogP contribution in [0.5, 0.6) is 5.75 Å². The van der Waals surface area contributed by atoms with Crippen molar-refractivity contribution in [2.45, 2.75) is 37.2 Å². The Kier molecular flexibility index (Phi) is 6.36. The van der Waals surface area contributed by atoms with E-state index in [1.54, 1.807) is 7.11 Å². The van der Waals surface area contributed by atoms with Crippen molar-refractivity contribution in [2.24, 2.45) is 0 Å². The Morgan fingerprint density at radius 2 is 1.71 bits per heavy atom. The molecule has 146 valence electrons. The van der Waals surface area contributed by atoms with E-state index >= 15 is 0 Å². The molecule has 2 aromatic carbocycles. The maximum Gasteiger partial charge on any atom is 0.237 e. The van der Waals surface area contributed by atoms with Crippen LogP contribution in [0.4, 0.5) is 5.69 Å². The molecule has 6 nitrogen and oxygen atoms in total. The molecule has 0 aliphatic heterocycles. The minimum Gasteiger partial charge on any atom is -0.497 e. The van der Waals surface area contributed by atoms with Crippen molar-refractivity contribution in [3.8, 4) is 17.1 Å². The molecule has 1 heterocycles. The largest absolute Gasteiger partial charge is 0.497 e. The molecule has 0 unspecified atom stereocenters. The molecule has 1 N–H and O–H groups in total. The maximum atomic E-state index is 12.6. The number of methoxy groups -OCH3 is 1. The number of hydrogen-bond acceptors (Lipinski definition) is 5. The highest BCUT2D eigenvalue weighted by atomic mass is 32.2. The number of ether oxygens (including phenoxy) is 1. The average molecular weight is 397 g/mol. The van der Waals surface area contributed by atoms with Crippen molar-refractivity contribution in [3.05, 3.63) is 54.6 Å². The van der Waals surface area contributed by atoms with E-state index in [0.29, 0.717) is 0 Å². The van der Waals surface area contributed by atoms with Gasteiger partial charge in [0.1, 0.15) is 5.75 Å². The zero-order valence-electron chi connectivity index (χ0n) is 16.4. The number of anilines is 1. The van der Waals surface area contributed by atoms with Crippen LogP contribution in [0.3, 0.4) is 0 Å². The van der Waals surface area contributed by atoms with Crippen LogP contribution >= 0.6 is 11.8 Å². The van der Waals surface area contributed by atoms with Crippen LogP contribution in [0.2, 0.25) is 0 Å². The number of rotatable bonds is 7.